The Balaban J connectivity index is 1.76. The Bertz CT molecular complexity index is 460. The molecule has 3 nitrogen and oxygen atoms in total. The first-order chi connectivity index (χ1) is 9.24. The van der Waals surface area contributed by atoms with Crippen LogP contribution in [0.2, 0.25) is 0 Å². The highest BCUT2D eigenvalue weighted by Gasteiger charge is 2.42. The van der Waals surface area contributed by atoms with Gasteiger partial charge in [0.05, 0.1) is 12.7 Å². The molecule has 3 rings (SSSR count). The van der Waals surface area contributed by atoms with Crippen molar-refractivity contribution in [1.82, 2.24) is 0 Å². The van der Waals surface area contributed by atoms with Crippen molar-refractivity contribution in [2.75, 3.05) is 13.7 Å². The molecule has 2 aliphatic rings. The molecule has 4 heteroatoms. The predicted octanol–water partition coefficient (Wildman–Crippen LogP) is 3.68. The van der Waals surface area contributed by atoms with Crippen molar-refractivity contribution in [3.63, 3.8) is 0 Å². The van der Waals surface area contributed by atoms with Crippen molar-refractivity contribution in [3.05, 3.63) is 16.3 Å². The monoisotopic (exact) mass is 280 g/mol. The highest BCUT2D eigenvalue weighted by Crippen LogP contribution is 2.43. The van der Waals surface area contributed by atoms with Crippen LogP contribution >= 0.6 is 11.3 Å². The zero-order valence-corrected chi connectivity index (χ0v) is 12.1. The van der Waals surface area contributed by atoms with E-state index < -0.39 is 0 Å². The molecule has 19 heavy (non-hydrogen) atoms. The first-order valence-electron chi connectivity index (χ1n) is 7.04. The molecule has 2 fully saturated rings. The second-order valence-corrected chi connectivity index (χ2v) is 6.53. The van der Waals surface area contributed by atoms with E-state index in [1.165, 1.54) is 24.2 Å². The maximum atomic E-state index is 12.7. The molecular weight excluding hydrogens is 260 g/mol. The number of ketones is 1. The molecular formula is C15H20O3S. The zero-order valence-electron chi connectivity index (χ0n) is 11.3. The minimum Gasteiger partial charge on any atom is -0.495 e. The van der Waals surface area contributed by atoms with Crippen LogP contribution in [-0.4, -0.2) is 25.1 Å². The van der Waals surface area contributed by atoms with E-state index >= 15 is 0 Å². The van der Waals surface area contributed by atoms with Gasteiger partial charge in [-0.3, -0.25) is 4.79 Å². The van der Waals surface area contributed by atoms with Crippen LogP contribution in [0.4, 0.5) is 0 Å². The fraction of sp³-hybridized carbons (Fsp3) is 0.667. The van der Waals surface area contributed by atoms with Crippen molar-refractivity contribution < 1.29 is 14.3 Å². The second kappa shape index (κ2) is 5.25. The SMILES string of the molecule is COc1ccsc1C(=O)C1CCOC2(CCCC2)C1. The average molecular weight is 280 g/mol. The van der Waals surface area contributed by atoms with Gasteiger partial charge in [-0.25, -0.2) is 0 Å². The molecule has 1 aromatic rings. The van der Waals surface area contributed by atoms with Crippen molar-refractivity contribution >= 4 is 17.1 Å². The molecule has 2 heterocycles. The summed E-state index contributed by atoms with van der Waals surface area (Å²) >= 11 is 1.49. The lowest BCUT2D eigenvalue weighted by Crippen LogP contribution is -2.39. The van der Waals surface area contributed by atoms with Crippen LogP contribution < -0.4 is 4.74 Å². The number of hydrogen-bond donors (Lipinski definition) is 0. The number of hydrogen-bond acceptors (Lipinski definition) is 4. The van der Waals surface area contributed by atoms with Gasteiger partial charge in [-0.2, -0.15) is 0 Å². The van der Waals surface area contributed by atoms with Gasteiger partial charge < -0.3 is 9.47 Å². The van der Waals surface area contributed by atoms with Gasteiger partial charge in [-0.15, -0.1) is 11.3 Å². The van der Waals surface area contributed by atoms with E-state index in [4.69, 9.17) is 9.47 Å². The molecule has 0 amide bonds. The van der Waals surface area contributed by atoms with Gasteiger partial charge in [0, 0.05) is 12.5 Å². The van der Waals surface area contributed by atoms with Crippen molar-refractivity contribution in [2.45, 2.75) is 44.1 Å². The minimum atomic E-state index is 0.00305. The predicted molar refractivity (Wildman–Crippen MR) is 75.1 cm³/mol. The van der Waals surface area contributed by atoms with Gasteiger partial charge in [-0.1, -0.05) is 12.8 Å². The summed E-state index contributed by atoms with van der Waals surface area (Å²) in [6, 6.07) is 1.88. The molecule has 1 unspecified atom stereocenters. The number of carbonyl (C=O) groups is 1. The normalized spacial score (nSPS) is 25.6. The van der Waals surface area contributed by atoms with Gasteiger partial charge in [0.1, 0.15) is 10.6 Å². The van der Waals surface area contributed by atoms with Crippen LogP contribution in [0.15, 0.2) is 11.4 Å². The van der Waals surface area contributed by atoms with Crippen LogP contribution in [0.1, 0.15) is 48.2 Å². The Hall–Kier alpha value is -0.870. The number of rotatable bonds is 3. The summed E-state index contributed by atoms with van der Waals surface area (Å²) in [5.74, 6) is 1.09. The maximum absolute atomic E-state index is 12.7. The van der Waals surface area contributed by atoms with E-state index in [0.717, 1.165) is 42.9 Å². The van der Waals surface area contributed by atoms with Gasteiger partial charge in [0.15, 0.2) is 5.78 Å². The first kappa shape index (κ1) is 13.1. The summed E-state index contributed by atoms with van der Waals surface area (Å²) in [7, 11) is 1.63. The Morgan fingerprint density at radius 1 is 1.47 bits per heavy atom. The largest absolute Gasteiger partial charge is 0.495 e. The molecule has 1 saturated carbocycles. The Kier molecular flexibility index (Phi) is 3.63. The van der Waals surface area contributed by atoms with Crippen LogP contribution in [0.25, 0.3) is 0 Å². The quantitative estimate of drug-likeness (QED) is 0.792. The highest BCUT2D eigenvalue weighted by atomic mass is 32.1. The van der Waals surface area contributed by atoms with E-state index in [0.29, 0.717) is 0 Å². The summed E-state index contributed by atoms with van der Waals surface area (Å²) in [6.45, 7) is 0.726. The fourth-order valence-electron chi connectivity index (χ4n) is 3.44. The summed E-state index contributed by atoms with van der Waals surface area (Å²) in [6.07, 6.45) is 6.47. The molecule has 1 aliphatic heterocycles. The van der Waals surface area contributed by atoms with Crippen molar-refractivity contribution in [1.29, 1.82) is 0 Å². The topological polar surface area (TPSA) is 35.5 Å². The lowest BCUT2D eigenvalue weighted by Gasteiger charge is -2.37. The minimum absolute atomic E-state index is 0.00305. The Labute approximate surface area is 117 Å². The zero-order chi connectivity index (χ0) is 13.3. The number of carbonyl (C=O) groups excluding carboxylic acids is 1. The number of Topliss-reactive ketones (excluding diaryl/α,β-unsaturated/α-hetero) is 1. The van der Waals surface area contributed by atoms with Crippen molar-refractivity contribution in [2.24, 2.45) is 5.92 Å². The third-order valence-electron chi connectivity index (χ3n) is 4.45. The Morgan fingerprint density at radius 2 is 2.26 bits per heavy atom. The molecule has 1 saturated heterocycles. The lowest BCUT2D eigenvalue weighted by molar-refractivity contribution is -0.0866. The molecule has 0 N–H and O–H groups in total. The standard InChI is InChI=1S/C15H20O3S/c1-17-12-5-9-19-14(12)13(16)11-4-8-18-15(10-11)6-2-3-7-15/h5,9,11H,2-4,6-8,10H2,1H3. The summed E-state index contributed by atoms with van der Waals surface area (Å²) in [5.41, 5.74) is 0.00305. The summed E-state index contributed by atoms with van der Waals surface area (Å²) < 4.78 is 11.3. The van der Waals surface area contributed by atoms with E-state index in [1.807, 2.05) is 11.4 Å². The maximum Gasteiger partial charge on any atom is 0.179 e. The molecule has 0 aromatic carbocycles. The molecule has 1 spiro atoms. The van der Waals surface area contributed by atoms with Gasteiger partial charge >= 0.3 is 0 Å². The average Bonchev–Trinajstić information content (AvgIpc) is 3.07. The van der Waals surface area contributed by atoms with Gasteiger partial charge in [0.2, 0.25) is 0 Å². The number of thiophene rings is 1. The summed E-state index contributed by atoms with van der Waals surface area (Å²) in [4.78, 5) is 13.4. The summed E-state index contributed by atoms with van der Waals surface area (Å²) in [5, 5.41) is 1.93. The van der Waals surface area contributed by atoms with E-state index in [1.54, 1.807) is 7.11 Å². The highest BCUT2D eigenvalue weighted by molar-refractivity contribution is 7.12. The third-order valence-corrected chi connectivity index (χ3v) is 5.36. The fourth-order valence-corrected chi connectivity index (χ4v) is 4.32. The lowest BCUT2D eigenvalue weighted by atomic mass is 9.82. The van der Waals surface area contributed by atoms with Crippen LogP contribution in [0.3, 0.4) is 0 Å². The third kappa shape index (κ3) is 2.43. The van der Waals surface area contributed by atoms with Crippen LogP contribution in [-0.2, 0) is 4.74 Å². The van der Waals surface area contributed by atoms with Gasteiger partial charge in [0.25, 0.3) is 0 Å². The van der Waals surface area contributed by atoms with Crippen LogP contribution in [0.5, 0.6) is 5.75 Å². The number of ether oxygens (including phenoxy) is 2. The molecule has 104 valence electrons. The second-order valence-electron chi connectivity index (χ2n) is 5.61. The van der Waals surface area contributed by atoms with Gasteiger partial charge in [-0.05, 0) is 37.1 Å². The van der Waals surface area contributed by atoms with E-state index in [9.17, 15) is 4.79 Å². The molecule has 1 atom stereocenters. The Morgan fingerprint density at radius 3 is 3.00 bits per heavy atom. The molecule has 1 aromatic heterocycles. The van der Waals surface area contributed by atoms with Crippen LogP contribution in [0, 0.1) is 5.92 Å². The van der Waals surface area contributed by atoms with E-state index in [2.05, 4.69) is 0 Å². The molecule has 0 bridgehead atoms. The smallest absolute Gasteiger partial charge is 0.179 e. The van der Waals surface area contributed by atoms with Crippen molar-refractivity contribution in [3.8, 4) is 5.75 Å². The molecule has 1 aliphatic carbocycles. The van der Waals surface area contributed by atoms with E-state index in [-0.39, 0.29) is 17.3 Å². The number of methoxy groups -OCH3 is 1. The first-order valence-corrected chi connectivity index (χ1v) is 7.92. The molecule has 0 radical (unpaired) electrons.